The van der Waals surface area contributed by atoms with Gasteiger partial charge in [-0.1, -0.05) is 6.92 Å². The second kappa shape index (κ2) is 8.17. The van der Waals surface area contributed by atoms with Crippen LogP contribution in [0.1, 0.15) is 18.9 Å². The lowest BCUT2D eigenvalue weighted by atomic mass is 10.1. The molecule has 28 heavy (non-hydrogen) atoms. The largest absolute Gasteiger partial charge is 0.416 e. The van der Waals surface area contributed by atoms with Crippen LogP contribution < -0.4 is 9.62 Å². The molecule has 0 heterocycles. The van der Waals surface area contributed by atoms with E-state index in [9.17, 15) is 30.8 Å². The molecule has 1 N–H and O–H groups in total. The molecule has 0 aliphatic rings. The normalized spacial score (nSPS) is 13.1. The van der Waals surface area contributed by atoms with Crippen LogP contribution in [0.4, 0.5) is 28.9 Å². The van der Waals surface area contributed by atoms with Gasteiger partial charge in [0.25, 0.3) is 0 Å². The maximum atomic E-state index is 13.2. The number of carbonyl (C=O) groups excluding carboxylic acids is 1. The van der Waals surface area contributed by atoms with Gasteiger partial charge in [0, 0.05) is 5.69 Å². The smallest absolute Gasteiger partial charge is 0.324 e. The Hall–Kier alpha value is -2.62. The van der Waals surface area contributed by atoms with Gasteiger partial charge in [-0.05, 0) is 55.0 Å². The summed E-state index contributed by atoms with van der Waals surface area (Å²) in [5, 5.41) is 2.42. The Kier molecular flexibility index (Phi) is 6.33. The number of alkyl halides is 3. The van der Waals surface area contributed by atoms with Gasteiger partial charge < -0.3 is 5.32 Å². The third-order valence-corrected chi connectivity index (χ3v) is 5.07. The van der Waals surface area contributed by atoms with Crippen LogP contribution in [0.5, 0.6) is 0 Å². The molecule has 0 spiro atoms. The summed E-state index contributed by atoms with van der Waals surface area (Å²) in [5.41, 5.74) is -0.691. The van der Waals surface area contributed by atoms with Crippen molar-refractivity contribution in [2.45, 2.75) is 25.6 Å². The molecular weight excluding hydrogens is 400 g/mol. The molecule has 0 aliphatic heterocycles. The monoisotopic (exact) mass is 418 g/mol. The van der Waals surface area contributed by atoms with Crippen molar-refractivity contribution in [1.82, 2.24) is 0 Å². The third-order valence-electron chi connectivity index (χ3n) is 3.89. The number of rotatable bonds is 6. The number of hydrogen-bond acceptors (Lipinski definition) is 3. The predicted molar refractivity (Wildman–Crippen MR) is 97.9 cm³/mol. The topological polar surface area (TPSA) is 66.5 Å². The third kappa shape index (κ3) is 5.22. The minimum Gasteiger partial charge on any atom is -0.324 e. The van der Waals surface area contributed by atoms with Crippen LogP contribution in [0.15, 0.2) is 48.5 Å². The van der Waals surface area contributed by atoms with Gasteiger partial charge in [0.1, 0.15) is 11.9 Å². The van der Waals surface area contributed by atoms with Crippen LogP contribution in [-0.4, -0.2) is 26.6 Å². The van der Waals surface area contributed by atoms with Crippen LogP contribution in [0.2, 0.25) is 0 Å². The second-order valence-corrected chi connectivity index (χ2v) is 7.88. The molecule has 152 valence electrons. The van der Waals surface area contributed by atoms with Crippen molar-refractivity contribution >= 4 is 27.3 Å². The first-order valence-corrected chi connectivity index (χ1v) is 10.0. The minimum atomic E-state index is -4.51. The lowest BCUT2D eigenvalue weighted by Gasteiger charge is -2.30. The summed E-state index contributed by atoms with van der Waals surface area (Å²) < 4.78 is 76.4. The van der Waals surface area contributed by atoms with Gasteiger partial charge in [-0.3, -0.25) is 9.10 Å². The number of sulfonamides is 1. The van der Waals surface area contributed by atoms with Crippen molar-refractivity contribution in [3.63, 3.8) is 0 Å². The highest BCUT2D eigenvalue weighted by atomic mass is 32.2. The molecule has 0 radical (unpaired) electrons. The van der Waals surface area contributed by atoms with Gasteiger partial charge in [-0.2, -0.15) is 13.2 Å². The molecular formula is C18H18F4N2O3S. The Bertz CT molecular complexity index is 927. The fourth-order valence-corrected chi connectivity index (χ4v) is 3.83. The summed E-state index contributed by atoms with van der Waals surface area (Å²) in [6.07, 6.45) is -3.52. The van der Waals surface area contributed by atoms with Crippen molar-refractivity contribution in [2.24, 2.45) is 0 Å². The quantitative estimate of drug-likeness (QED) is 0.721. The molecule has 1 amide bonds. The van der Waals surface area contributed by atoms with E-state index in [1.165, 1.54) is 12.1 Å². The first kappa shape index (κ1) is 21.7. The number of anilines is 2. The average molecular weight is 418 g/mol. The van der Waals surface area contributed by atoms with Crippen molar-refractivity contribution in [3.8, 4) is 0 Å². The number of nitrogens with one attached hydrogen (secondary N) is 1. The zero-order valence-corrected chi connectivity index (χ0v) is 15.8. The zero-order valence-electron chi connectivity index (χ0n) is 15.0. The van der Waals surface area contributed by atoms with E-state index in [2.05, 4.69) is 5.32 Å². The fraction of sp³-hybridized carbons (Fsp3) is 0.278. The number of halogens is 4. The maximum absolute atomic E-state index is 13.2. The van der Waals surface area contributed by atoms with Crippen LogP contribution in [0.3, 0.4) is 0 Å². The highest BCUT2D eigenvalue weighted by molar-refractivity contribution is 7.92. The molecule has 0 fully saturated rings. The van der Waals surface area contributed by atoms with Crippen molar-refractivity contribution in [2.75, 3.05) is 15.9 Å². The first-order chi connectivity index (χ1) is 12.9. The molecule has 2 aromatic carbocycles. The van der Waals surface area contributed by atoms with E-state index in [0.717, 1.165) is 47.0 Å². The van der Waals surface area contributed by atoms with E-state index < -0.39 is 39.5 Å². The average Bonchev–Trinajstić information content (AvgIpc) is 2.59. The van der Waals surface area contributed by atoms with Gasteiger partial charge >= 0.3 is 6.18 Å². The van der Waals surface area contributed by atoms with E-state index >= 15 is 0 Å². The van der Waals surface area contributed by atoms with Crippen molar-refractivity contribution in [1.29, 1.82) is 0 Å². The first-order valence-electron chi connectivity index (χ1n) is 8.16. The lowest BCUT2D eigenvalue weighted by Crippen LogP contribution is -2.47. The van der Waals surface area contributed by atoms with E-state index in [4.69, 9.17) is 0 Å². The number of carbonyl (C=O) groups is 1. The predicted octanol–water partition coefficient (Wildman–Crippen LogP) is 4.03. The maximum Gasteiger partial charge on any atom is 0.416 e. The molecule has 2 rings (SSSR count). The number of nitrogens with zero attached hydrogens (tertiary/aromatic N) is 1. The highest BCUT2D eigenvalue weighted by Gasteiger charge is 2.32. The van der Waals surface area contributed by atoms with E-state index in [0.29, 0.717) is 0 Å². The van der Waals surface area contributed by atoms with Gasteiger partial charge in [-0.25, -0.2) is 12.8 Å². The summed E-state index contributed by atoms with van der Waals surface area (Å²) in [4.78, 5) is 12.6. The van der Waals surface area contributed by atoms with E-state index in [-0.39, 0.29) is 17.8 Å². The van der Waals surface area contributed by atoms with E-state index in [1.807, 2.05) is 0 Å². The van der Waals surface area contributed by atoms with Crippen LogP contribution in [0, 0.1) is 5.82 Å². The van der Waals surface area contributed by atoms with Gasteiger partial charge in [-0.15, -0.1) is 0 Å². The Labute approximate surface area is 160 Å². The Balaban J connectivity index is 2.30. The highest BCUT2D eigenvalue weighted by Crippen LogP contribution is 2.30. The number of amides is 1. The summed E-state index contributed by atoms with van der Waals surface area (Å²) in [5.74, 6) is -1.29. The minimum absolute atomic E-state index is 0.0803. The molecule has 5 nitrogen and oxygen atoms in total. The molecule has 0 saturated heterocycles. The summed E-state index contributed by atoms with van der Waals surface area (Å²) >= 11 is 0. The van der Waals surface area contributed by atoms with Crippen LogP contribution in [-0.2, 0) is 21.0 Å². The molecule has 0 bridgehead atoms. The molecule has 0 unspecified atom stereocenters. The lowest BCUT2D eigenvalue weighted by molar-refractivity contribution is -0.137. The number of hydrogen-bond donors (Lipinski definition) is 1. The van der Waals surface area contributed by atoms with Gasteiger partial charge in [0.05, 0.1) is 17.5 Å². The molecule has 2 aromatic rings. The summed E-state index contributed by atoms with van der Waals surface area (Å²) in [7, 11) is -3.90. The Morgan fingerprint density at radius 1 is 1.07 bits per heavy atom. The summed E-state index contributed by atoms with van der Waals surface area (Å²) in [6, 6.07) is 7.18. The van der Waals surface area contributed by atoms with Gasteiger partial charge in [0.2, 0.25) is 15.9 Å². The zero-order chi connectivity index (χ0) is 21.1. The summed E-state index contributed by atoms with van der Waals surface area (Å²) in [6.45, 7) is 1.58. The van der Waals surface area contributed by atoms with Crippen LogP contribution in [0.25, 0.3) is 0 Å². The van der Waals surface area contributed by atoms with Crippen molar-refractivity contribution < 1.29 is 30.8 Å². The van der Waals surface area contributed by atoms with E-state index in [1.54, 1.807) is 6.92 Å². The van der Waals surface area contributed by atoms with Crippen LogP contribution >= 0.6 is 0 Å². The van der Waals surface area contributed by atoms with Crippen molar-refractivity contribution in [3.05, 3.63) is 59.9 Å². The molecule has 10 heteroatoms. The second-order valence-electron chi connectivity index (χ2n) is 6.02. The molecule has 1 atom stereocenters. The Morgan fingerprint density at radius 2 is 1.61 bits per heavy atom. The molecule has 0 saturated carbocycles. The molecule has 0 aromatic heterocycles. The SMILES string of the molecule is CC[C@@H](C(=O)Nc1ccc(C(F)(F)F)cc1)N(c1ccc(F)cc1)S(C)(=O)=O. The van der Waals surface area contributed by atoms with Gasteiger partial charge in [0.15, 0.2) is 0 Å². The standard InChI is InChI=1S/C18H18F4N2O3S/c1-3-16(24(28(2,26)27)15-10-6-13(19)7-11-15)17(25)23-14-8-4-12(5-9-14)18(20,21)22/h4-11,16H,3H2,1-2H3,(H,23,25)/t16-/m0/s1. The number of benzene rings is 2. The molecule has 0 aliphatic carbocycles. The Morgan fingerprint density at radius 3 is 2.04 bits per heavy atom. The fourth-order valence-electron chi connectivity index (χ4n) is 2.62.